The summed E-state index contributed by atoms with van der Waals surface area (Å²) in [6, 6.07) is -0.0248. The average Bonchev–Trinajstić information content (AvgIpc) is 2.79. The van der Waals surface area contributed by atoms with Crippen LogP contribution in [0.4, 0.5) is 4.79 Å². The molecule has 1 unspecified atom stereocenters. The minimum atomic E-state index is -0.234. The first-order valence-corrected chi connectivity index (χ1v) is 9.84. The number of rotatable bonds is 3. The van der Waals surface area contributed by atoms with Crippen molar-refractivity contribution in [3.05, 3.63) is 0 Å². The zero-order valence-corrected chi connectivity index (χ0v) is 16.5. The molecule has 0 bridgehead atoms. The van der Waals surface area contributed by atoms with E-state index in [1.807, 2.05) is 37.5 Å². The van der Waals surface area contributed by atoms with Gasteiger partial charge < -0.3 is 20.0 Å². The lowest BCUT2D eigenvalue weighted by Gasteiger charge is -2.31. The Labute approximate surface area is 152 Å². The van der Waals surface area contributed by atoms with Crippen molar-refractivity contribution in [3.8, 4) is 0 Å². The molecular weight excluding hydrogens is 316 g/mol. The molecule has 0 aromatic heterocycles. The van der Waals surface area contributed by atoms with Crippen LogP contribution >= 0.6 is 0 Å². The van der Waals surface area contributed by atoms with Gasteiger partial charge in [0.2, 0.25) is 5.91 Å². The van der Waals surface area contributed by atoms with E-state index in [0.717, 1.165) is 32.6 Å². The normalized spacial score (nSPS) is 21.6. The van der Waals surface area contributed by atoms with Gasteiger partial charge in [0.1, 0.15) is 0 Å². The van der Waals surface area contributed by atoms with Crippen molar-refractivity contribution in [2.24, 2.45) is 5.92 Å². The van der Waals surface area contributed by atoms with E-state index in [4.69, 9.17) is 0 Å². The Morgan fingerprint density at radius 1 is 0.880 bits per heavy atom. The van der Waals surface area contributed by atoms with E-state index in [0.29, 0.717) is 19.6 Å². The molecule has 2 saturated heterocycles. The monoisotopic (exact) mass is 352 g/mol. The Bertz CT molecular complexity index is 455. The van der Waals surface area contributed by atoms with Gasteiger partial charge in [-0.25, -0.2) is 4.79 Å². The van der Waals surface area contributed by atoms with Crippen LogP contribution in [0.1, 0.15) is 53.4 Å². The fourth-order valence-electron chi connectivity index (χ4n) is 3.66. The maximum Gasteiger partial charge on any atom is 0.317 e. The van der Waals surface area contributed by atoms with Gasteiger partial charge in [0, 0.05) is 44.2 Å². The molecular formula is C19H36N4O2. The quantitative estimate of drug-likeness (QED) is 0.847. The third-order valence-electron chi connectivity index (χ3n) is 4.98. The molecule has 0 aromatic carbocycles. The van der Waals surface area contributed by atoms with E-state index in [1.165, 1.54) is 19.3 Å². The summed E-state index contributed by atoms with van der Waals surface area (Å²) in [5, 5.41) is 3.01. The summed E-state index contributed by atoms with van der Waals surface area (Å²) in [6.07, 6.45) is 4.67. The highest BCUT2D eigenvalue weighted by Gasteiger charge is 2.27. The van der Waals surface area contributed by atoms with Crippen LogP contribution in [0.5, 0.6) is 0 Å². The number of carbonyl (C=O) groups is 2. The highest BCUT2D eigenvalue weighted by molar-refractivity contribution is 5.79. The lowest BCUT2D eigenvalue weighted by Crippen LogP contribution is -2.49. The molecule has 0 saturated carbocycles. The molecule has 0 aliphatic carbocycles. The number of nitrogens with one attached hydrogen (secondary N) is 1. The Kier molecular flexibility index (Phi) is 7.11. The topological polar surface area (TPSA) is 55.9 Å². The van der Waals surface area contributed by atoms with Gasteiger partial charge in [-0.15, -0.1) is 0 Å². The Morgan fingerprint density at radius 3 is 2.12 bits per heavy atom. The zero-order chi connectivity index (χ0) is 18.4. The Balaban J connectivity index is 1.82. The lowest BCUT2D eigenvalue weighted by molar-refractivity contribution is -0.135. The minimum Gasteiger partial charge on any atom is -0.341 e. The average molecular weight is 353 g/mol. The van der Waals surface area contributed by atoms with E-state index < -0.39 is 0 Å². The number of likely N-dealkylation sites (tertiary alicyclic amines) is 1. The summed E-state index contributed by atoms with van der Waals surface area (Å²) in [5.74, 6) is 0.275. The van der Waals surface area contributed by atoms with Crippen molar-refractivity contribution in [2.45, 2.75) is 58.9 Å². The van der Waals surface area contributed by atoms with Gasteiger partial charge in [0.05, 0.1) is 0 Å². The van der Waals surface area contributed by atoms with Crippen LogP contribution < -0.4 is 5.32 Å². The van der Waals surface area contributed by atoms with E-state index in [9.17, 15) is 9.59 Å². The van der Waals surface area contributed by atoms with Gasteiger partial charge in [-0.1, -0.05) is 13.3 Å². The molecule has 144 valence electrons. The molecule has 2 aliphatic rings. The fourth-order valence-corrected chi connectivity index (χ4v) is 3.66. The minimum absolute atomic E-state index is 0.0248. The lowest BCUT2D eigenvalue weighted by atomic mass is 10.1. The summed E-state index contributed by atoms with van der Waals surface area (Å²) in [6.45, 7) is 13.8. The molecule has 25 heavy (non-hydrogen) atoms. The first-order chi connectivity index (χ1) is 11.8. The molecule has 0 radical (unpaired) electrons. The third kappa shape index (κ3) is 6.49. The van der Waals surface area contributed by atoms with Gasteiger partial charge in [-0.05, 0) is 53.1 Å². The molecule has 0 spiro atoms. The number of nitrogens with zero attached hydrogens (tertiary/aromatic N) is 3. The number of amides is 3. The first kappa shape index (κ1) is 20.0. The maximum absolute atomic E-state index is 12.8. The van der Waals surface area contributed by atoms with Crippen molar-refractivity contribution in [3.63, 3.8) is 0 Å². The molecule has 1 atom stereocenters. The largest absolute Gasteiger partial charge is 0.341 e. The SMILES string of the molecule is CC(CN1CCCCC1)C(=O)N1CCCN(C(=O)NC(C)(C)C)CC1. The molecule has 0 aromatic rings. The second-order valence-corrected chi connectivity index (χ2v) is 8.61. The molecule has 6 heteroatoms. The van der Waals surface area contributed by atoms with Crippen LogP contribution in [0.25, 0.3) is 0 Å². The van der Waals surface area contributed by atoms with Crippen LogP contribution in [0.15, 0.2) is 0 Å². The van der Waals surface area contributed by atoms with Crippen molar-refractivity contribution in [1.82, 2.24) is 20.0 Å². The Morgan fingerprint density at radius 2 is 1.48 bits per heavy atom. The number of hydrogen-bond acceptors (Lipinski definition) is 3. The van der Waals surface area contributed by atoms with Crippen LogP contribution in [0, 0.1) is 5.92 Å². The molecule has 1 N–H and O–H groups in total. The van der Waals surface area contributed by atoms with Gasteiger partial charge in [-0.3, -0.25) is 4.79 Å². The predicted octanol–water partition coefficient (Wildman–Crippen LogP) is 2.15. The first-order valence-electron chi connectivity index (χ1n) is 9.84. The summed E-state index contributed by atoms with van der Waals surface area (Å²) in [7, 11) is 0. The molecule has 2 heterocycles. The van der Waals surface area contributed by atoms with Crippen molar-refractivity contribution < 1.29 is 9.59 Å². The standard InChI is InChI=1S/C19H36N4O2/c1-16(15-21-9-6-5-7-10-21)17(24)22-11-8-12-23(14-13-22)18(25)20-19(2,3)4/h16H,5-15H2,1-4H3,(H,20,25). The summed E-state index contributed by atoms with van der Waals surface area (Å²) in [4.78, 5) is 31.4. The van der Waals surface area contributed by atoms with Crippen molar-refractivity contribution in [1.29, 1.82) is 0 Å². The van der Waals surface area contributed by atoms with Crippen molar-refractivity contribution in [2.75, 3.05) is 45.8 Å². The van der Waals surface area contributed by atoms with Crippen LogP contribution in [-0.2, 0) is 4.79 Å². The van der Waals surface area contributed by atoms with Crippen LogP contribution in [-0.4, -0.2) is 78.0 Å². The second-order valence-electron chi connectivity index (χ2n) is 8.61. The van der Waals surface area contributed by atoms with Crippen molar-refractivity contribution >= 4 is 11.9 Å². The highest BCUT2D eigenvalue weighted by atomic mass is 16.2. The maximum atomic E-state index is 12.8. The van der Waals surface area contributed by atoms with Gasteiger partial charge >= 0.3 is 6.03 Å². The number of carbonyl (C=O) groups excluding carboxylic acids is 2. The summed E-state index contributed by atoms with van der Waals surface area (Å²) in [5.41, 5.74) is -0.234. The third-order valence-corrected chi connectivity index (χ3v) is 4.98. The second kappa shape index (κ2) is 8.88. The number of urea groups is 1. The van der Waals surface area contributed by atoms with E-state index in [1.54, 1.807) is 0 Å². The fraction of sp³-hybridized carbons (Fsp3) is 0.895. The summed E-state index contributed by atoms with van der Waals surface area (Å²) >= 11 is 0. The highest BCUT2D eigenvalue weighted by Crippen LogP contribution is 2.14. The van der Waals surface area contributed by atoms with Gasteiger partial charge in [0.25, 0.3) is 0 Å². The van der Waals surface area contributed by atoms with Crippen LogP contribution in [0.2, 0.25) is 0 Å². The Hall–Kier alpha value is -1.30. The van der Waals surface area contributed by atoms with E-state index in [-0.39, 0.29) is 23.4 Å². The molecule has 2 rings (SSSR count). The smallest absolute Gasteiger partial charge is 0.317 e. The van der Waals surface area contributed by atoms with Gasteiger partial charge in [0.15, 0.2) is 0 Å². The van der Waals surface area contributed by atoms with E-state index in [2.05, 4.69) is 10.2 Å². The molecule has 3 amide bonds. The molecule has 6 nitrogen and oxygen atoms in total. The molecule has 2 aliphatic heterocycles. The van der Waals surface area contributed by atoms with E-state index >= 15 is 0 Å². The summed E-state index contributed by atoms with van der Waals surface area (Å²) < 4.78 is 0. The van der Waals surface area contributed by atoms with Crippen LogP contribution in [0.3, 0.4) is 0 Å². The number of hydrogen-bond donors (Lipinski definition) is 1. The molecule has 2 fully saturated rings. The number of piperidine rings is 1. The zero-order valence-electron chi connectivity index (χ0n) is 16.5. The predicted molar refractivity (Wildman–Crippen MR) is 101 cm³/mol. The van der Waals surface area contributed by atoms with Gasteiger partial charge in [-0.2, -0.15) is 0 Å².